The van der Waals surface area contributed by atoms with Gasteiger partial charge >= 0.3 is 0 Å². The third kappa shape index (κ3) is 6.15. The van der Waals surface area contributed by atoms with Crippen LogP contribution in [0.2, 0.25) is 10.0 Å². The van der Waals surface area contributed by atoms with Gasteiger partial charge < -0.3 is 14.6 Å². The minimum absolute atomic E-state index is 0.102. The Labute approximate surface area is 304 Å². The molecule has 0 bridgehead atoms. The molecule has 5 heterocycles. The fraction of sp³-hybridized carbons (Fsp3) is 0.459. The topological polar surface area (TPSA) is 101 Å². The molecule has 1 aliphatic carbocycles. The van der Waals surface area contributed by atoms with Crippen LogP contribution in [0.5, 0.6) is 0 Å². The van der Waals surface area contributed by atoms with Crippen LogP contribution in [0.4, 0.5) is 9.52 Å². The number of aliphatic hydroxyl groups excluding tert-OH is 1. The number of aliphatic hydroxyl groups is 1. The molecule has 50 heavy (non-hydrogen) atoms. The number of halogens is 3. The van der Waals surface area contributed by atoms with Gasteiger partial charge in [-0.05, 0) is 72.7 Å². The Hall–Kier alpha value is -3.35. The second-order valence-corrected chi connectivity index (χ2v) is 16.7. The number of piperidine rings is 1. The van der Waals surface area contributed by atoms with Crippen LogP contribution in [0.15, 0.2) is 54.4 Å². The highest BCUT2D eigenvalue weighted by Crippen LogP contribution is 2.56. The average molecular weight is 737 g/mol. The molecule has 262 valence electrons. The third-order valence-electron chi connectivity index (χ3n) is 11.0. The number of carbonyl (C=O) groups is 1. The normalized spacial score (nSPS) is 24.7. The summed E-state index contributed by atoms with van der Waals surface area (Å²) in [7, 11) is 0. The van der Waals surface area contributed by atoms with Gasteiger partial charge in [0.25, 0.3) is 5.91 Å². The zero-order valence-corrected chi connectivity index (χ0v) is 30.4. The van der Waals surface area contributed by atoms with Gasteiger partial charge in [-0.2, -0.15) is 5.10 Å². The van der Waals surface area contributed by atoms with Crippen LogP contribution in [-0.2, 0) is 23.2 Å². The SMILES string of the molecule is CC1(CN2CCC(CO)CC2)CC(C)(c2ccc(-c3cc(Cl)c4cn(C(C(=O)Nc5nccs5)c5ncn6c5C[C@@H](F)C6)nc4c3Cl)cc2)C1. The lowest BCUT2D eigenvalue weighted by Gasteiger charge is -2.55. The van der Waals surface area contributed by atoms with E-state index in [4.69, 9.17) is 28.3 Å². The van der Waals surface area contributed by atoms with Crippen molar-refractivity contribution in [2.24, 2.45) is 11.3 Å². The van der Waals surface area contributed by atoms with E-state index in [2.05, 4.69) is 58.3 Å². The first-order chi connectivity index (χ1) is 24.0. The summed E-state index contributed by atoms with van der Waals surface area (Å²) in [4.78, 5) is 25.1. The first kappa shape index (κ1) is 33.8. The third-order valence-corrected chi connectivity index (χ3v) is 12.4. The van der Waals surface area contributed by atoms with Crippen molar-refractivity contribution in [1.29, 1.82) is 0 Å². The number of imidazole rings is 1. The molecule has 3 aromatic heterocycles. The number of carbonyl (C=O) groups excluding carboxylic acids is 1. The van der Waals surface area contributed by atoms with Crippen LogP contribution < -0.4 is 5.32 Å². The van der Waals surface area contributed by atoms with E-state index in [1.807, 2.05) is 6.07 Å². The zero-order chi connectivity index (χ0) is 34.8. The summed E-state index contributed by atoms with van der Waals surface area (Å²) in [5.41, 5.74) is 4.93. The predicted octanol–water partition coefficient (Wildman–Crippen LogP) is 7.55. The molecule has 2 atom stereocenters. The van der Waals surface area contributed by atoms with Gasteiger partial charge in [0.15, 0.2) is 11.2 Å². The van der Waals surface area contributed by atoms with Crippen LogP contribution in [0.3, 0.4) is 0 Å². The van der Waals surface area contributed by atoms with Crippen LogP contribution >= 0.6 is 34.5 Å². The molecule has 9 nitrogen and oxygen atoms in total. The summed E-state index contributed by atoms with van der Waals surface area (Å²) in [6.07, 6.45) is 8.44. The minimum atomic E-state index is -1.04. The Balaban J connectivity index is 1.05. The lowest BCUT2D eigenvalue weighted by Crippen LogP contribution is -2.53. The summed E-state index contributed by atoms with van der Waals surface area (Å²) >= 11 is 15.3. The maximum Gasteiger partial charge on any atom is 0.257 e. The Kier molecular flexibility index (Phi) is 8.79. The fourth-order valence-corrected chi connectivity index (χ4v) is 9.96. The monoisotopic (exact) mass is 735 g/mol. The molecule has 2 N–H and O–H groups in total. The molecule has 1 saturated carbocycles. The maximum atomic E-state index is 14.4. The number of hydrogen-bond acceptors (Lipinski definition) is 7. The highest BCUT2D eigenvalue weighted by atomic mass is 35.5. The fourth-order valence-electron chi connectivity index (χ4n) is 8.88. The summed E-state index contributed by atoms with van der Waals surface area (Å²) in [6.45, 7) is 8.52. The number of hydrogen-bond donors (Lipinski definition) is 2. The first-order valence-corrected chi connectivity index (χ1v) is 18.9. The molecule has 0 spiro atoms. The van der Waals surface area contributed by atoms with Crippen molar-refractivity contribution in [2.45, 2.75) is 70.1 Å². The van der Waals surface area contributed by atoms with Crippen molar-refractivity contribution in [3.63, 3.8) is 0 Å². The molecule has 2 aromatic carbocycles. The molecule has 2 fully saturated rings. The Morgan fingerprint density at radius 2 is 1.92 bits per heavy atom. The van der Waals surface area contributed by atoms with Crippen LogP contribution in [-0.4, -0.2) is 72.6 Å². The van der Waals surface area contributed by atoms with Gasteiger partial charge in [0.2, 0.25) is 0 Å². The minimum Gasteiger partial charge on any atom is -0.396 e. The standard InChI is InChI=1S/C37H40Cl2FN7O2S/c1-36(20-45-10-7-22(17-48)8-11-45)18-37(2,19-36)24-5-3-23(4-6-24)26-14-28(38)27-16-47(44-31(27)30(26)39)33(34(49)43-35-41-9-12-50-35)32-29-13-25(40)15-46(29)21-42-32/h3-6,9,12,14,16,21-22,25,33,48H,7-8,10-11,13,15,17-20H2,1-2H3,(H,41,43,49)/t25-,33?,36?,37?/m1/s1. The van der Waals surface area contributed by atoms with Crippen molar-refractivity contribution in [3.8, 4) is 11.1 Å². The van der Waals surface area contributed by atoms with Crippen molar-refractivity contribution in [1.82, 2.24) is 29.2 Å². The average Bonchev–Trinajstić information content (AvgIpc) is 3.89. The van der Waals surface area contributed by atoms with E-state index < -0.39 is 18.1 Å². The number of alkyl halides is 1. The second kappa shape index (κ2) is 13.0. The van der Waals surface area contributed by atoms with Crippen molar-refractivity contribution in [2.75, 3.05) is 31.6 Å². The molecular formula is C37H40Cl2FN7O2S. The summed E-state index contributed by atoms with van der Waals surface area (Å²) in [6, 6.07) is 9.45. The number of rotatable bonds is 9. The summed E-state index contributed by atoms with van der Waals surface area (Å²) in [5.74, 6) is 0.0582. The zero-order valence-electron chi connectivity index (χ0n) is 28.1. The second-order valence-electron chi connectivity index (χ2n) is 15.1. The Bertz CT molecular complexity index is 2030. The molecule has 2 aliphatic heterocycles. The molecular weight excluding hydrogens is 696 g/mol. The van der Waals surface area contributed by atoms with Crippen molar-refractivity contribution >= 4 is 56.5 Å². The largest absolute Gasteiger partial charge is 0.396 e. The number of nitrogens with one attached hydrogen (secondary N) is 1. The van der Waals surface area contributed by atoms with Crippen molar-refractivity contribution in [3.05, 3.63) is 81.4 Å². The maximum absolute atomic E-state index is 14.4. The molecule has 1 amide bonds. The molecule has 13 heteroatoms. The molecule has 5 aromatic rings. The molecule has 3 aliphatic rings. The lowest BCUT2D eigenvalue weighted by molar-refractivity contribution is -0.118. The van der Waals surface area contributed by atoms with Crippen LogP contribution in [0.25, 0.3) is 22.0 Å². The van der Waals surface area contributed by atoms with Gasteiger partial charge in [0.05, 0.1) is 28.6 Å². The van der Waals surface area contributed by atoms with E-state index in [9.17, 15) is 14.3 Å². The van der Waals surface area contributed by atoms with Crippen LogP contribution in [0.1, 0.15) is 62.5 Å². The number of benzene rings is 2. The van der Waals surface area contributed by atoms with E-state index in [1.54, 1.807) is 28.7 Å². The van der Waals surface area contributed by atoms with E-state index in [1.165, 1.54) is 21.6 Å². The number of anilines is 1. The van der Waals surface area contributed by atoms with E-state index in [0.29, 0.717) is 50.0 Å². The molecule has 1 unspecified atom stereocenters. The van der Waals surface area contributed by atoms with Gasteiger partial charge in [-0.1, -0.05) is 61.3 Å². The molecule has 0 radical (unpaired) electrons. The highest BCUT2D eigenvalue weighted by molar-refractivity contribution is 7.13. The lowest BCUT2D eigenvalue weighted by atomic mass is 9.52. The number of thiazole rings is 1. The smallest absolute Gasteiger partial charge is 0.257 e. The van der Waals surface area contributed by atoms with E-state index in [-0.39, 0.29) is 23.8 Å². The Morgan fingerprint density at radius 3 is 2.62 bits per heavy atom. The molecule has 8 rings (SSSR count). The van der Waals surface area contributed by atoms with Gasteiger partial charge in [-0.3, -0.25) is 14.8 Å². The van der Waals surface area contributed by atoms with Crippen molar-refractivity contribution < 1.29 is 14.3 Å². The first-order valence-electron chi connectivity index (χ1n) is 17.2. The number of likely N-dealkylation sites (tertiary alicyclic amines) is 1. The van der Waals surface area contributed by atoms with Gasteiger partial charge in [0.1, 0.15) is 11.7 Å². The number of aromatic nitrogens is 5. The van der Waals surface area contributed by atoms with Gasteiger partial charge in [0, 0.05) is 54.0 Å². The van der Waals surface area contributed by atoms with Crippen LogP contribution in [0, 0.1) is 11.3 Å². The van der Waals surface area contributed by atoms with Gasteiger partial charge in [-0.15, -0.1) is 11.3 Å². The highest BCUT2D eigenvalue weighted by Gasteiger charge is 2.50. The van der Waals surface area contributed by atoms with E-state index >= 15 is 0 Å². The number of nitrogens with zero attached hydrogens (tertiary/aromatic N) is 6. The quantitative estimate of drug-likeness (QED) is 0.162. The van der Waals surface area contributed by atoms with Gasteiger partial charge in [-0.25, -0.2) is 14.4 Å². The molecule has 1 saturated heterocycles. The number of amides is 1. The predicted molar refractivity (Wildman–Crippen MR) is 196 cm³/mol. The number of fused-ring (bicyclic) bond motifs is 2. The Morgan fingerprint density at radius 1 is 1.16 bits per heavy atom. The summed E-state index contributed by atoms with van der Waals surface area (Å²) in [5, 5.41) is 20.9. The summed E-state index contributed by atoms with van der Waals surface area (Å²) < 4.78 is 17.7. The van der Waals surface area contributed by atoms with E-state index in [0.717, 1.165) is 56.4 Å².